The van der Waals surface area contributed by atoms with Crippen LogP contribution in [0.1, 0.15) is 46.0 Å². The van der Waals surface area contributed by atoms with E-state index in [9.17, 15) is 10.2 Å². The molecule has 0 heterocycles. The minimum Gasteiger partial charge on any atom is -0.394 e. The molecule has 0 saturated heterocycles. The van der Waals surface area contributed by atoms with E-state index in [-0.39, 0.29) is 24.3 Å². The third kappa shape index (κ3) is 2.94. The molecule has 1 aliphatic rings. The van der Waals surface area contributed by atoms with Gasteiger partial charge in [-0.3, -0.25) is 0 Å². The van der Waals surface area contributed by atoms with Crippen LogP contribution in [0.3, 0.4) is 0 Å². The highest BCUT2D eigenvalue weighted by Crippen LogP contribution is 2.21. The summed E-state index contributed by atoms with van der Waals surface area (Å²) in [6, 6.07) is 0.167. The summed E-state index contributed by atoms with van der Waals surface area (Å²) in [6.07, 6.45) is 4.87. The van der Waals surface area contributed by atoms with Crippen LogP contribution < -0.4 is 5.32 Å². The van der Waals surface area contributed by atoms with Crippen molar-refractivity contribution in [1.29, 1.82) is 0 Å². The second-order valence-corrected chi connectivity index (χ2v) is 4.67. The van der Waals surface area contributed by atoms with Crippen LogP contribution in [0.4, 0.5) is 0 Å². The van der Waals surface area contributed by atoms with E-state index in [1.54, 1.807) is 0 Å². The van der Waals surface area contributed by atoms with Crippen LogP contribution in [0, 0.1) is 0 Å². The molecular formula is C11H23NO2. The highest BCUT2D eigenvalue weighted by molar-refractivity contribution is 4.89. The van der Waals surface area contributed by atoms with Crippen molar-refractivity contribution >= 4 is 0 Å². The van der Waals surface area contributed by atoms with E-state index in [0.717, 1.165) is 25.7 Å². The summed E-state index contributed by atoms with van der Waals surface area (Å²) >= 11 is 0. The molecule has 84 valence electrons. The van der Waals surface area contributed by atoms with E-state index >= 15 is 0 Å². The maximum Gasteiger partial charge on any atom is 0.0693 e. The molecule has 1 unspecified atom stereocenters. The van der Waals surface area contributed by atoms with Gasteiger partial charge in [-0.25, -0.2) is 0 Å². The standard InChI is InChI=1S/C11H23NO2/c1-3-11(2,8-13)12-9-6-4-5-7-10(9)14/h9-10,12-14H,3-8H2,1-2H3/t9-,10-,11?/m0/s1. The molecule has 0 aromatic heterocycles. The van der Waals surface area contributed by atoms with Gasteiger partial charge in [-0.1, -0.05) is 19.8 Å². The molecule has 3 N–H and O–H groups in total. The predicted octanol–water partition coefficient (Wildman–Crippen LogP) is 1.04. The zero-order chi connectivity index (χ0) is 10.6. The third-order valence-corrected chi connectivity index (χ3v) is 3.39. The monoisotopic (exact) mass is 201 g/mol. The smallest absolute Gasteiger partial charge is 0.0693 e. The van der Waals surface area contributed by atoms with Gasteiger partial charge in [0.05, 0.1) is 12.7 Å². The van der Waals surface area contributed by atoms with Gasteiger partial charge in [0, 0.05) is 11.6 Å². The van der Waals surface area contributed by atoms with Crippen molar-refractivity contribution in [3.8, 4) is 0 Å². The third-order valence-electron chi connectivity index (χ3n) is 3.39. The molecule has 1 rings (SSSR count). The highest BCUT2D eigenvalue weighted by Gasteiger charge is 2.30. The van der Waals surface area contributed by atoms with Crippen LogP contribution in [0.15, 0.2) is 0 Å². The Labute approximate surface area is 86.5 Å². The Hall–Kier alpha value is -0.120. The number of aliphatic hydroxyl groups is 2. The first-order valence-corrected chi connectivity index (χ1v) is 5.68. The van der Waals surface area contributed by atoms with Gasteiger partial charge in [-0.2, -0.15) is 0 Å². The van der Waals surface area contributed by atoms with Gasteiger partial charge in [-0.15, -0.1) is 0 Å². The summed E-state index contributed by atoms with van der Waals surface area (Å²) < 4.78 is 0. The summed E-state index contributed by atoms with van der Waals surface area (Å²) in [5.41, 5.74) is -0.233. The van der Waals surface area contributed by atoms with E-state index in [2.05, 4.69) is 12.2 Å². The van der Waals surface area contributed by atoms with Gasteiger partial charge in [0.25, 0.3) is 0 Å². The van der Waals surface area contributed by atoms with Crippen molar-refractivity contribution in [2.24, 2.45) is 0 Å². The Morgan fingerprint density at radius 1 is 1.36 bits per heavy atom. The van der Waals surface area contributed by atoms with Gasteiger partial charge >= 0.3 is 0 Å². The molecule has 0 radical (unpaired) electrons. The number of aliphatic hydroxyl groups excluding tert-OH is 2. The molecule has 0 aromatic carbocycles. The average molecular weight is 201 g/mol. The Morgan fingerprint density at radius 2 is 2.00 bits per heavy atom. The fourth-order valence-corrected chi connectivity index (χ4v) is 1.99. The van der Waals surface area contributed by atoms with E-state index in [4.69, 9.17) is 0 Å². The van der Waals surface area contributed by atoms with Gasteiger partial charge in [0.15, 0.2) is 0 Å². The van der Waals surface area contributed by atoms with Crippen molar-refractivity contribution in [3.05, 3.63) is 0 Å². The summed E-state index contributed by atoms with van der Waals surface area (Å²) in [6.45, 7) is 4.19. The zero-order valence-electron chi connectivity index (χ0n) is 9.29. The van der Waals surface area contributed by atoms with Gasteiger partial charge in [0.1, 0.15) is 0 Å². The Morgan fingerprint density at radius 3 is 2.50 bits per heavy atom. The lowest BCUT2D eigenvalue weighted by molar-refractivity contribution is 0.0582. The number of hydrogen-bond acceptors (Lipinski definition) is 3. The van der Waals surface area contributed by atoms with Crippen LogP contribution in [0.2, 0.25) is 0 Å². The van der Waals surface area contributed by atoms with Crippen LogP contribution >= 0.6 is 0 Å². The Bertz CT molecular complexity index is 169. The van der Waals surface area contributed by atoms with Gasteiger partial charge in [-0.05, 0) is 26.2 Å². The molecule has 1 aliphatic carbocycles. The van der Waals surface area contributed by atoms with E-state index in [1.165, 1.54) is 6.42 Å². The summed E-state index contributed by atoms with van der Waals surface area (Å²) in [7, 11) is 0. The van der Waals surface area contributed by atoms with E-state index < -0.39 is 0 Å². The molecule has 3 atom stereocenters. The molecule has 3 nitrogen and oxygen atoms in total. The molecule has 0 aliphatic heterocycles. The first kappa shape index (κ1) is 12.0. The molecule has 0 bridgehead atoms. The SMILES string of the molecule is CCC(C)(CO)N[C@H]1CCCC[C@@H]1O. The normalized spacial score (nSPS) is 32.6. The van der Waals surface area contributed by atoms with Crippen molar-refractivity contribution in [1.82, 2.24) is 5.32 Å². The average Bonchev–Trinajstić information content (AvgIpc) is 2.21. The lowest BCUT2D eigenvalue weighted by Gasteiger charge is -2.37. The van der Waals surface area contributed by atoms with E-state index in [0.29, 0.717) is 0 Å². The van der Waals surface area contributed by atoms with Crippen molar-refractivity contribution in [2.45, 2.75) is 63.6 Å². The van der Waals surface area contributed by atoms with Crippen LogP contribution in [0.25, 0.3) is 0 Å². The molecule has 1 saturated carbocycles. The number of rotatable bonds is 4. The maximum atomic E-state index is 9.78. The lowest BCUT2D eigenvalue weighted by Crippen LogP contribution is -2.55. The lowest BCUT2D eigenvalue weighted by atomic mass is 9.89. The van der Waals surface area contributed by atoms with Crippen LogP contribution in [-0.2, 0) is 0 Å². The molecule has 3 heteroatoms. The van der Waals surface area contributed by atoms with E-state index in [1.807, 2.05) is 6.92 Å². The van der Waals surface area contributed by atoms with Gasteiger partial charge < -0.3 is 15.5 Å². The second-order valence-electron chi connectivity index (χ2n) is 4.67. The summed E-state index contributed by atoms with van der Waals surface area (Å²) in [4.78, 5) is 0. The minimum atomic E-state index is -0.235. The molecular weight excluding hydrogens is 178 g/mol. The summed E-state index contributed by atoms with van der Waals surface area (Å²) in [5.74, 6) is 0. The fraction of sp³-hybridized carbons (Fsp3) is 1.00. The van der Waals surface area contributed by atoms with Crippen molar-refractivity contribution < 1.29 is 10.2 Å². The number of hydrogen-bond donors (Lipinski definition) is 3. The number of nitrogens with one attached hydrogen (secondary N) is 1. The topological polar surface area (TPSA) is 52.5 Å². The quantitative estimate of drug-likeness (QED) is 0.637. The molecule has 14 heavy (non-hydrogen) atoms. The second kappa shape index (κ2) is 5.10. The maximum absolute atomic E-state index is 9.78. The highest BCUT2D eigenvalue weighted by atomic mass is 16.3. The Kier molecular flexibility index (Phi) is 4.35. The molecule has 0 aromatic rings. The van der Waals surface area contributed by atoms with Crippen molar-refractivity contribution in [2.75, 3.05) is 6.61 Å². The predicted molar refractivity (Wildman–Crippen MR) is 57.2 cm³/mol. The van der Waals surface area contributed by atoms with Gasteiger partial charge in [0.2, 0.25) is 0 Å². The molecule has 0 amide bonds. The largest absolute Gasteiger partial charge is 0.394 e. The minimum absolute atomic E-state index is 0.132. The van der Waals surface area contributed by atoms with Crippen LogP contribution in [0.5, 0.6) is 0 Å². The zero-order valence-corrected chi connectivity index (χ0v) is 9.29. The fourth-order valence-electron chi connectivity index (χ4n) is 1.99. The molecule has 0 spiro atoms. The summed E-state index contributed by atoms with van der Waals surface area (Å²) in [5, 5.41) is 22.4. The van der Waals surface area contributed by atoms with Crippen molar-refractivity contribution in [3.63, 3.8) is 0 Å². The van der Waals surface area contributed by atoms with Crippen LogP contribution in [-0.4, -0.2) is 34.5 Å². The Balaban J connectivity index is 2.48. The first-order valence-electron chi connectivity index (χ1n) is 5.68. The first-order chi connectivity index (χ1) is 6.61. The molecule has 1 fully saturated rings.